The van der Waals surface area contributed by atoms with Crippen molar-refractivity contribution in [3.8, 4) is 0 Å². The highest BCUT2D eigenvalue weighted by atomic mass is 79.9. The SMILES string of the molecule is Cc1nc(C(CN)Cc2ccccc2Br)sc1C. The molecule has 0 radical (unpaired) electrons. The molecule has 1 heterocycles. The van der Waals surface area contributed by atoms with E-state index in [4.69, 9.17) is 5.73 Å². The number of benzene rings is 1. The summed E-state index contributed by atoms with van der Waals surface area (Å²) in [6.07, 6.45) is 0.935. The third kappa shape index (κ3) is 2.99. The molecule has 2 nitrogen and oxygen atoms in total. The van der Waals surface area contributed by atoms with E-state index in [1.807, 2.05) is 6.07 Å². The molecule has 2 N–H and O–H groups in total. The van der Waals surface area contributed by atoms with Gasteiger partial charge in [-0.05, 0) is 31.9 Å². The third-order valence-electron chi connectivity index (χ3n) is 3.10. The third-order valence-corrected chi connectivity index (χ3v) is 5.11. The van der Waals surface area contributed by atoms with Crippen LogP contribution in [0.4, 0.5) is 0 Å². The van der Waals surface area contributed by atoms with Gasteiger partial charge in [0.2, 0.25) is 0 Å². The maximum atomic E-state index is 5.91. The highest BCUT2D eigenvalue weighted by molar-refractivity contribution is 9.10. The molecule has 1 aromatic carbocycles. The highest BCUT2D eigenvalue weighted by Crippen LogP contribution is 2.28. The Hall–Kier alpha value is -0.710. The molecule has 0 aliphatic rings. The largest absolute Gasteiger partial charge is 0.330 e. The van der Waals surface area contributed by atoms with E-state index in [2.05, 4.69) is 53.0 Å². The quantitative estimate of drug-likeness (QED) is 0.928. The molecule has 18 heavy (non-hydrogen) atoms. The van der Waals surface area contributed by atoms with Crippen LogP contribution in [0.5, 0.6) is 0 Å². The molecular weight excluding hydrogens is 308 g/mol. The minimum atomic E-state index is 0.307. The van der Waals surface area contributed by atoms with Crippen LogP contribution in [-0.2, 0) is 6.42 Å². The van der Waals surface area contributed by atoms with E-state index in [1.165, 1.54) is 10.4 Å². The van der Waals surface area contributed by atoms with Crippen molar-refractivity contribution in [2.75, 3.05) is 6.54 Å². The first-order valence-corrected chi connectivity index (χ1v) is 7.60. The molecule has 4 heteroatoms. The summed E-state index contributed by atoms with van der Waals surface area (Å²) in [4.78, 5) is 5.92. The standard InChI is InChI=1S/C14H17BrN2S/c1-9-10(2)18-14(17-9)12(8-16)7-11-5-3-4-6-13(11)15/h3-6,12H,7-8,16H2,1-2H3. The number of thiazole rings is 1. The van der Waals surface area contributed by atoms with Crippen LogP contribution in [0.15, 0.2) is 28.7 Å². The summed E-state index contributed by atoms with van der Waals surface area (Å²) in [5.41, 5.74) is 8.33. The van der Waals surface area contributed by atoms with E-state index in [9.17, 15) is 0 Å². The summed E-state index contributed by atoms with van der Waals surface area (Å²) in [6, 6.07) is 8.30. The molecule has 0 saturated heterocycles. The first-order valence-electron chi connectivity index (χ1n) is 5.99. The Morgan fingerprint density at radius 3 is 2.61 bits per heavy atom. The molecule has 0 spiro atoms. The van der Waals surface area contributed by atoms with Gasteiger partial charge in [0.25, 0.3) is 0 Å². The molecule has 1 atom stereocenters. The summed E-state index contributed by atoms with van der Waals surface area (Å²) in [5.74, 6) is 0.307. The Balaban J connectivity index is 2.22. The average molecular weight is 325 g/mol. The number of aromatic nitrogens is 1. The van der Waals surface area contributed by atoms with Gasteiger partial charge in [-0.25, -0.2) is 4.98 Å². The van der Waals surface area contributed by atoms with Gasteiger partial charge in [-0.1, -0.05) is 34.1 Å². The second-order valence-electron chi connectivity index (χ2n) is 4.42. The summed E-state index contributed by atoms with van der Waals surface area (Å²) < 4.78 is 1.15. The Bertz CT molecular complexity index is 517. The van der Waals surface area contributed by atoms with Crippen molar-refractivity contribution in [1.29, 1.82) is 0 Å². The molecule has 1 unspecified atom stereocenters. The van der Waals surface area contributed by atoms with Crippen LogP contribution in [0.25, 0.3) is 0 Å². The van der Waals surface area contributed by atoms with Gasteiger partial charge in [-0.15, -0.1) is 11.3 Å². The maximum Gasteiger partial charge on any atom is 0.0977 e. The van der Waals surface area contributed by atoms with Crippen molar-refractivity contribution < 1.29 is 0 Å². The number of nitrogens with two attached hydrogens (primary N) is 1. The number of hydrogen-bond acceptors (Lipinski definition) is 3. The fourth-order valence-corrected chi connectivity index (χ4v) is 3.36. The van der Waals surface area contributed by atoms with Crippen LogP contribution >= 0.6 is 27.3 Å². The molecular formula is C14H17BrN2S. The Kier molecular flexibility index (Phi) is 4.54. The molecule has 0 aliphatic carbocycles. The van der Waals surface area contributed by atoms with Crippen LogP contribution < -0.4 is 5.73 Å². The summed E-state index contributed by atoms with van der Waals surface area (Å²) in [5, 5.41) is 1.16. The summed E-state index contributed by atoms with van der Waals surface area (Å²) in [7, 11) is 0. The van der Waals surface area contributed by atoms with Gasteiger partial charge in [-0.3, -0.25) is 0 Å². The van der Waals surface area contributed by atoms with E-state index < -0.39 is 0 Å². The lowest BCUT2D eigenvalue weighted by Crippen LogP contribution is -2.15. The molecule has 2 rings (SSSR count). The minimum absolute atomic E-state index is 0.307. The van der Waals surface area contributed by atoms with Gasteiger partial charge in [-0.2, -0.15) is 0 Å². The molecule has 2 aromatic rings. The zero-order valence-electron chi connectivity index (χ0n) is 10.6. The number of hydrogen-bond donors (Lipinski definition) is 1. The van der Waals surface area contributed by atoms with E-state index in [1.54, 1.807) is 11.3 Å². The first kappa shape index (κ1) is 13.7. The zero-order chi connectivity index (χ0) is 13.1. The first-order chi connectivity index (χ1) is 8.61. The van der Waals surface area contributed by atoms with E-state index >= 15 is 0 Å². The van der Waals surface area contributed by atoms with Crippen LogP contribution in [0.1, 0.15) is 27.1 Å². The van der Waals surface area contributed by atoms with Crippen molar-refractivity contribution in [2.45, 2.75) is 26.2 Å². The zero-order valence-corrected chi connectivity index (χ0v) is 13.0. The monoisotopic (exact) mass is 324 g/mol. The van der Waals surface area contributed by atoms with Gasteiger partial charge < -0.3 is 5.73 Å². The van der Waals surface area contributed by atoms with Crippen molar-refractivity contribution >= 4 is 27.3 Å². The van der Waals surface area contributed by atoms with E-state index in [0.29, 0.717) is 12.5 Å². The Morgan fingerprint density at radius 2 is 2.06 bits per heavy atom. The molecule has 0 bridgehead atoms. The lowest BCUT2D eigenvalue weighted by atomic mass is 10.00. The van der Waals surface area contributed by atoms with Gasteiger partial charge in [0, 0.05) is 21.8 Å². The molecule has 0 aliphatic heterocycles. The lowest BCUT2D eigenvalue weighted by molar-refractivity contribution is 0.685. The second kappa shape index (κ2) is 5.95. The topological polar surface area (TPSA) is 38.9 Å². The van der Waals surface area contributed by atoms with Gasteiger partial charge in [0.05, 0.1) is 10.7 Å². The Morgan fingerprint density at radius 1 is 1.33 bits per heavy atom. The minimum Gasteiger partial charge on any atom is -0.330 e. The fourth-order valence-electron chi connectivity index (χ4n) is 1.87. The van der Waals surface area contributed by atoms with E-state index in [0.717, 1.165) is 21.6 Å². The van der Waals surface area contributed by atoms with Crippen molar-refractivity contribution in [3.05, 3.63) is 49.9 Å². The highest BCUT2D eigenvalue weighted by Gasteiger charge is 2.16. The molecule has 0 fully saturated rings. The molecule has 96 valence electrons. The predicted octanol–water partition coefficient (Wildman–Crippen LogP) is 3.81. The smallest absolute Gasteiger partial charge is 0.0977 e. The Labute approximate surface area is 120 Å². The van der Waals surface area contributed by atoms with E-state index in [-0.39, 0.29) is 0 Å². The van der Waals surface area contributed by atoms with Gasteiger partial charge in [0.1, 0.15) is 0 Å². The molecule has 0 saturated carbocycles. The normalized spacial score (nSPS) is 12.7. The number of nitrogens with zero attached hydrogens (tertiary/aromatic N) is 1. The lowest BCUT2D eigenvalue weighted by Gasteiger charge is -2.13. The number of aryl methyl sites for hydroxylation is 2. The van der Waals surface area contributed by atoms with Crippen molar-refractivity contribution in [2.24, 2.45) is 5.73 Å². The fraction of sp³-hybridized carbons (Fsp3) is 0.357. The van der Waals surface area contributed by atoms with Crippen LogP contribution in [-0.4, -0.2) is 11.5 Å². The number of halogens is 1. The second-order valence-corrected chi connectivity index (χ2v) is 6.51. The van der Waals surface area contributed by atoms with Crippen molar-refractivity contribution in [1.82, 2.24) is 4.98 Å². The van der Waals surface area contributed by atoms with Crippen LogP contribution in [0.2, 0.25) is 0 Å². The summed E-state index contributed by atoms with van der Waals surface area (Å²) in [6.45, 7) is 4.80. The maximum absolute atomic E-state index is 5.91. The van der Waals surface area contributed by atoms with Crippen molar-refractivity contribution in [3.63, 3.8) is 0 Å². The molecule has 1 aromatic heterocycles. The summed E-state index contributed by atoms with van der Waals surface area (Å²) >= 11 is 5.35. The average Bonchev–Trinajstić information content (AvgIpc) is 2.68. The van der Waals surface area contributed by atoms with Crippen LogP contribution in [0.3, 0.4) is 0 Å². The van der Waals surface area contributed by atoms with Gasteiger partial charge in [0.15, 0.2) is 0 Å². The predicted molar refractivity (Wildman–Crippen MR) is 81.2 cm³/mol. The van der Waals surface area contributed by atoms with Crippen LogP contribution in [0, 0.1) is 13.8 Å². The molecule has 0 amide bonds. The number of rotatable bonds is 4. The van der Waals surface area contributed by atoms with Gasteiger partial charge >= 0.3 is 0 Å².